The molecule has 0 heterocycles. The predicted molar refractivity (Wildman–Crippen MR) is 107 cm³/mol. The molecule has 3 aromatic carbocycles. The third-order valence-electron chi connectivity index (χ3n) is 4.10. The summed E-state index contributed by atoms with van der Waals surface area (Å²) >= 11 is 0. The van der Waals surface area contributed by atoms with Gasteiger partial charge in [-0.25, -0.2) is 9.59 Å². The van der Waals surface area contributed by atoms with Crippen molar-refractivity contribution in [3.8, 4) is 22.6 Å². The molecule has 3 rings (SSSR count). The second kappa shape index (κ2) is 9.03. The van der Waals surface area contributed by atoms with E-state index in [9.17, 15) is 14.7 Å². The molecule has 6 heteroatoms. The van der Waals surface area contributed by atoms with Gasteiger partial charge in [0, 0.05) is 0 Å². The molecule has 1 unspecified atom stereocenters. The number of ether oxygens (including phenoxy) is 3. The van der Waals surface area contributed by atoms with Crippen LogP contribution in [0.4, 0.5) is 0 Å². The fourth-order valence-corrected chi connectivity index (χ4v) is 2.66. The van der Waals surface area contributed by atoms with E-state index in [4.69, 9.17) is 9.47 Å². The summed E-state index contributed by atoms with van der Waals surface area (Å²) < 4.78 is 15.2. The minimum Gasteiger partial charge on any atom is -0.465 e. The first-order chi connectivity index (χ1) is 14.0. The maximum absolute atomic E-state index is 12.3. The van der Waals surface area contributed by atoms with Gasteiger partial charge in [-0.1, -0.05) is 24.3 Å². The van der Waals surface area contributed by atoms with Crippen LogP contribution in [0, 0.1) is 0 Å². The molecule has 0 spiro atoms. The van der Waals surface area contributed by atoms with Crippen LogP contribution in [-0.2, 0) is 4.74 Å². The Labute approximate surface area is 168 Å². The van der Waals surface area contributed by atoms with E-state index >= 15 is 0 Å². The third kappa shape index (κ3) is 5.21. The smallest absolute Gasteiger partial charge is 0.343 e. The summed E-state index contributed by atoms with van der Waals surface area (Å²) in [5.41, 5.74) is 2.68. The third-order valence-corrected chi connectivity index (χ3v) is 4.10. The van der Waals surface area contributed by atoms with Crippen LogP contribution in [0.25, 0.3) is 11.1 Å². The highest BCUT2D eigenvalue weighted by molar-refractivity contribution is 5.91. The number of hydrogen-bond donors (Lipinski definition) is 1. The normalized spacial score (nSPS) is 11.4. The van der Waals surface area contributed by atoms with E-state index < -0.39 is 12.3 Å². The number of aliphatic hydroxyl groups is 1. The maximum atomic E-state index is 12.3. The van der Waals surface area contributed by atoms with E-state index in [0.717, 1.165) is 11.1 Å². The SMILES string of the molecule is COC(=O)c1ccc(-c2ccc(OC(=O)c3ccc(OC(C)O)cc3)cc2)cc1. The zero-order valence-electron chi connectivity index (χ0n) is 16.0. The predicted octanol–water partition coefficient (Wildman–Crippen LogP) is 4.08. The van der Waals surface area contributed by atoms with E-state index in [-0.39, 0.29) is 5.97 Å². The van der Waals surface area contributed by atoms with Crippen molar-refractivity contribution in [2.75, 3.05) is 7.11 Å². The van der Waals surface area contributed by atoms with Crippen LogP contribution in [0.2, 0.25) is 0 Å². The van der Waals surface area contributed by atoms with Gasteiger partial charge in [0.2, 0.25) is 0 Å². The number of rotatable bonds is 6. The van der Waals surface area contributed by atoms with Gasteiger partial charge in [0.1, 0.15) is 11.5 Å². The van der Waals surface area contributed by atoms with Crippen molar-refractivity contribution in [1.29, 1.82) is 0 Å². The molecule has 148 valence electrons. The van der Waals surface area contributed by atoms with E-state index in [2.05, 4.69) is 4.74 Å². The highest BCUT2D eigenvalue weighted by atomic mass is 16.6. The van der Waals surface area contributed by atoms with Crippen LogP contribution >= 0.6 is 0 Å². The molecule has 0 radical (unpaired) electrons. The van der Waals surface area contributed by atoms with Crippen LogP contribution in [0.15, 0.2) is 72.8 Å². The summed E-state index contributed by atoms with van der Waals surface area (Å²) in [7, 11) is 1.34. The number of carbonyl (C=O) groups is 2. The molecule has 3 aromatic rings. The van der Waals surface area contributed by atoms with Crippen molar-refractivity contribution in [2.45, 2.75) is 13.2 Å². The quantitative estimate of drug-likeness (QED) is 0.387. The first-order valence-electron chi connectivity index (χ1n) is 8.92. The van der Waals surface area contributed by atoms with Gasteiger partial charge in [-0.3, -0.25) is 0 Å². The van der Waals surface area contributed by atoms with Crippen molar-refractivity contribution >= 4 is 11.9 Å². The van der Waals surface area contributed by atoms with E-state index in [0.29, 0.717) is 22.6 Å². The molecule has 0 saturated carbocycles. The maximum Gasteiger partial charge on any atom is 0.343 e. The Bertz CT molecular complexity index is 973. The summed E-state index contributed by atoms with van der Waals surface area (Å²) in [6, 6.07) is 20.4. The summed E-state index contributed by atoms with van der Waals surface area (Å²) in [6.45, 7) is 1.50. The second-order valence-corrected chi connectivity index (χ2v) is 6.22. The highest BCUT2D eigenvalue weighted by Crippen LogP contribution is 2.24. The Balaban J connectivity index is 1.65. The second-order valence-electron chi connectivity index (χ2n) is 6.22. The van der Waals surface area contributed by atoms with Crippen molar-refractivity contribution in [1.82, 2.24) is 0 Å². The van der Waals surface area contributed by atoms with Crippen LogP contribution in [0.5, 0.6) is 11.5 Å². The number of esters is 2. The van der Waals surface area contributed by atoms with Gasteiger partial charge in [0.15, 0.2) is 6.29 Å². The lowest BCUT2D eigenvalue weighted by atomic mass is 10.0. The summed E-state index contributed by atoms with van der Waals surface area (Å²) in [5, 5.41) is 9.20. The van der Waals surface area contributed by atoms with Gasteiger partial charge >= 0.3 is 11.9 Å². The fraction of sp³-hybridized carbons (Fsp3) is 0.130. The van der Waals surface area contributed by atoms with Gasteiger partial charge in [-0.05, 0) is 66.6 Å². The molecule has 0 bridgehead atoms. The molecule has 6 nitrogen and oxygen atoms in total. The number of carbonyl (C=O) groups excluding carboxylic acids is 2. The Morgan fingerprint density at radius 3 is 1.69 bits per heavy atom. The summed E-state index contributed by atoms with van der Waals surface area (Å²) in [6.07, 6.45) is -0.928. The highest BCUT2D eigenvalue weighted by Gasteiger charge is 2.10. The Morgan fingerprint density at radius 2 is 1.17 bits per heavy atom. The van der Waals surface area contributed by atoms with E-state index in [1.165, 1.54) is 14.0 Å². The molecule has 0 aliphatic carbocycles. The average Bonchev–Trinajstić information content (AvgIpc) is 2.74. The Hall–Kier alpha value is -3.64. The minimum atomic E-state index is -0.928. The standard InChI is InChI=1S/C23H20O6/c1-15(24)28-20-13-9-19(10-14-20)23(26)29-21-11-7-17(8-12-21)16-3-5-18(6-4-16)22(25)27-2/h3-15,24H,1-2H3. The van der Waals surface area contributed by atoms with Crippen molar-refractivity contribution in [3.05, 3.63) is 83.9 Å². The molecular weight excluding hydrogens is 372 g/mol. The largest absolute Gasteiger partial charge is 0.465 e. The fourth-order valence-electron chi connectivity index (χ4n) is 2.66. The van der Waals surface area contributed by atoms with Crippen molar-refractivity contribution in [3.63, 3.8) is 0 Å². The number of methoxy groups -OCH3 is 1. The van der Waals surface area contributed by atoms with Gasteiger partial charge in [-0.15, -0.1) is 0 Å². The molecule has 1 atom stereocenters. The average molecular weight is 392 g/mol. The number of aliphatic hydroxyl groups excluding tert-OH is 1. The molecule has 0 aromatic heterocycles. The van der Waals surface area contributed by atoms with Crippen LogP contribution in [-0.4, -0.2) is 30.4 Å². The monoisotopic (exact) mass is 392 g/mol. The van der Waals surface area contributed by atoms with Crippen molar-refractivity contribution < 1.29 is 28.9 Å². The summed E-state index contributed by atoms with van der Waals surface area (Å²) in [5.74, 6) is -0.0126. The molecule has 0 aliphatic heterocycles. The van der Waals surface area contributed by atoms with E-state index in [1.807, 2.05) is 24.3 Å². The Kier molecular flexibility index (Phi) is 6.26. The zero-order chi connectivity index (χ0) is 20.8. The van der Waals surface area contributed by atoms with Crippen LogP contribution in [0.3, 0.4) is 0 Å². The van der Waals surface area contributed by atoms with Crippen molar-refractivity contribution in [2.24, 2.45) is 0 Å². The Morgan fingerprint density at radius 1 is 0.724 bits per heavy atom. The molecule has 0 fully saturated rings. The molecule has 29 heavy (non-hydrogen) atoms. The number of benzene rings is 3. The minimum absolute atomic E-state index is 0.366. The van der Waals surface area contributed by atoms with Crippen LogP contribution in [0.1, 0.15) is 27.6 Å². The molecule has 1 N–H and O–H groups in total. The van der Waals surface area contributed by atoms with Gasteiger partial charge < -0.3 is 19.3 Å². The molecule has 0 amide bonds. The lowest BCUT2D eigenvalue weighted by Gasteiger charge is -2.09. The first-order valence-corrected chi connectivity index (χ1v) is 8.92. The molecule has 0 aliphatic rings. The van der Waals surface area contributed by atoms with Crippen LogP contribution < -0.4 is 9.47 Å². The lowest BCUT2D eigenvalue weighted by molar-refractivity contribution is -0.000302. The van der Waals surface area contributed by atoms with Gasteiger partial charge in [-0.2, -0.15) is 0 Å². The summed E-state index contributed by atoms with van der Waals surface area (Å²) in [4.78, 5) is 23.8. The first kappa shape index (κ1) is 20.1. The number of hydrogen-bond acceptors (Lipinski definition) is 6. The zero-order valence-corrected chi connectivity index (χ0v) is 16.0. The van der Waals surface area contributed by atoms with Gasteiger partial charge in [0.05, 0.1) is 18.2 Å². The molecular formula is C23H20O6. The lowest BCUT2D eigenvalue weighted by Crippen LogP contribution is -2.11. The van der Waals surface area contributed by atoms with Gasteiger partial charge in [0.25, 0.3) is 0 Å². The van der Waals surface area contributed by atoms with E-state index in [1.54, 1.807) is 48.5 Å². The molecule has 0 saturated heterocycles. The topological polar surface area (TPSA) is 82.1 Å².